The average molecular weight is 318 g/mol. The number of alkyl halides is 3. The molecule has 0 aromatic rings. The first kappa shape index (κ1) is 15.0. The standard InChI is InChI=1S/C9H11Cl3N2O2S/c10-9(11,12)17-8(7(14)16)4-2-1-3-5(8)6(13)15/h1-2,5H,3-4H2,(H2,13,15)(H2,14,16)/t5-,8-/m1/s1. The van der Waals surface area contributed by atoms with E-state index in [0.717, 1.165) is 11.8 Å². The van der Waals surface area contributed by atoms with Gasteiger partial charge in [-0.1, -0.05) is 58.7 Å². The first-order valence-corrected chi connectivity index (χ1v) is 6.65. The molecule has 17 heavy (non-hydrogen) atoms. The van der Waals surface area contributed by atoms with E-state index in [2.05, 4.69) is 0 Å². The number of carbonyl (C=O) groups excluding carboxylic acids is 2. The average Bonchev–Trinajstić information content (AvgIpc) is 2.15. The van der Waals surface area contributed by atoms with Crippen LogP contribution in [0.15, 0.2) is 12.2 Å². The summed E-state index contributed by atoms with van der Waals surface area (Å²) in [6.45, 7) is 0. The van der Waals surface area contributed by atoms with Crippen molar-refractivity contribution in [1.82, 2.24) is 0 Å². The van der Waals surface area contributed by atoms with Crippen LogP contribution in [0.5, 0.6) is 0 Å². The zero-order valence-electron chi connectivity index (χ0n) is 8.66. The van der Waals surface area contributed by atoms with Crippen LogP contribution in [0.4, 0.5) is 0 Å². The number of rotatable bonds is 3. The van der Waals surface area contributed by atoms with Crippen LogP contribution in [-0.2, 0) is 9.59 Å². The first-order chi connectivity index (χ1) is 7.69. The molecule has 4 N–H and O–H groups in total. The van der Waals surface area contributed by atoms with Gasteiger partial charge in [-0.05, 0) is 12.8 Å². The van der Waals surface area contributed by atoms with Crippen molar-refractivity contribution in [3.63, 3.8) is 0 Å². The Morgan fingerprint density at radius 1 is 1.29 bits per heavy atom. The van der Waals surface area contributed by atoms with Gasteiger partial charge in [0, 0.05) is 0 Å². The SMILES string of the molecule is NC(=O)[C@H]1CC=CC[C@]1(SC(Cl)(Cl)Cl)C(N)=O. The summed E-state index contributed by atoms with van der Waals surface area (Å²) in [6, 6.07) is 0. The molecule has 0 saturated heterocycles. The zero-order chi connectivity index (χ0) is 13.3. The molecule has 1 rings (SSSR count). The van der Waals surface area contributed by atoms with Gasteiger partial charge in [-0.3, -0.25) is 9.59 Å². The van der Waals surface area contributed by atoms with Crippen molar-refractivity contribution < 1.29 is 9.59 Å². The molecule has 0 spiro atoms. The molecule has 0 heterocycles. The minimum Gasteiger partial charge on any atom is -0.369 e. The van der Waals surface area contributed by atoms with Crippen LogP contribution in [0.3, 0.4) is 0 Å². The van der Waals surface area contributed by atoms with Gasteiger partial charge < -0.3 is 11.5 Å². The number of nitrogens with two attached hydrogens (primary N) is 2. The normalized spacial score (nSPS) is 29.0. The van der Waals surface area contributed by atoms with Crippen molar-refractivity contribution in [3.05, 3.63) is 12.2 Å². The van der Waals surface area contributed by atoms with Gasteiger partial charge >= 0.3 is 0 Å². The maximum atomic E-state index is 11.7. The lowest BCUT2D eigenvalue weighted by atomic mass is 9.81. The highest BCUT2D eigenvalue weighted by molar-refractivity contribution is 8.06. The lowest BCUT2D eigenvalue weighted by Crippen LogP contribution is -2.53. The molecule has 8 heteroatoms. The second-order valence-corrected chi connectivity index (χ2v) is 8.17. The summed E-state index contributed by atoms with van der Waals surface area (Å²) in [5, 5.41) is 0. The van der Waals surface area contributed by atoms with Crippen LogP contribution in [0.25, 0.3) is 0 Å². The summed E-state index contributed by atoms with van der Waals surface area (Å²) in [5.41, 5.74) is 10.6. The minimum atomic E-state index is -1.74. The second kappa shape index (κ2) is 5.26. The largest absolute Gasteiger partial charge is 0.369 e. The van der Waals surface area contributed by atoms with E-state index in [1.54, 1.807) is 12.2 Å². The Hall–Kier alpha value is -0.100. The third-order valence-corrected chi connectivity index (χ3v) is 4.52. The topological polar surface area (TPSA) is 86.2 Å². The molecule has 0 fully saturated rings. The van der Waals surface area contributed by atoms with E-state index in [1.165, 1.54) is 0 Å². The molecule has 1 aliphatic carbocycles. The number of hydrogen-bond acceptors (Lipinski definition) is 3. The van der Waals surface area contributed by atoms with Crippen LogP contribution < -0.4 is 11.5 Å². The Balaban J connectivity index is 3.16. The van der Waals surface area contributed by atoms with Crippen molar-refractivity contribution >= 4 is 58.4 Å². The molecular formula is C9H11Cl3N2O2S. The van der Waals surface area contributed by atoms with E-state index in [1.807, 2.05) is 0 Å². The first-order valence-electron chi connectivity index (χ1n) is 4.70. The highest BCUT2D eigenvalue weighted by Gasteiger charge is 2.52. The number of amides is 2. The lowest BCUT2D eigenvalue weighted by Gasteiger charge is -2.38. The van der Waals surface area contributed by atoms with Gasteiger partial charge in [0.1, 0.15) is 4.75 Å². The molecule has 2 amide bonds. The smallest absolute Gasteiger partial charge is 0.238 e. The molecule has 0 saturated carbocycles. The quantitative estimate of drug-likeness (QED) is 0.614. The highest BCUT2D eigenvalue weighted by Crippen LogP contribution is 2.52. The number of allylic oxidation sites excluding steroid dienone is 2. The fourth-order valence-corrected chi connectivity index (χ4v) is 4.10. The number of hydrogen-bond donors (Lipinski definition) is 2. The summed E-state index contributed by atoms with van der Waals surface area (Å²) >= 11 is 17.8. The van der Waals surface area contributed by atoms with Crippen molar-refractivity contribution in [2.24, 2.45) is 17.4 Å². The molecule has 0 radical (unpaired) electrons. The summed E-state index contributed by atoms with van der Waals surface area (Å²) in [7, 11) is 0. The number of thioether (sulfide) groups is 1. The molecule has 0 bridgehead atoms. The van der Waals surface area contributed by atoms with Crippen LogP contribution in [-0.4, -0.2) is 19.7 Å². The predicted molar refractivity (Wildman–Crippen MR) is 70.9 cm³/mol. The third kappa shape index (κ3) is 3.44. The summed E-state index contributed by atoms with van der Waals surface area (Å²) < 4.78 is -3.04. The number of primary amides is 2. The lowest BCUT2D eigenvalue weighted by molar-refractivity contribution is -0.129. The van der Waals surface area contributed by atoms with Crippen LogP contribution in [0.2, 0.25) is 0 Å². The van der Waals surface area contributed by atoms with Crippen LogP contribution in [0, 0.1) is 5.92 Å². The van der Waals surface area contributed by atoms with Gasteiger partial charge in [0.25, 0.3) is 0 Å². The van der Waals surface area contributed by atoms with Crippen molar-refractivity contribution in [2.75, 3.05) is 0 Å². The van der Waals surface area contributed by atoms with Gasteiger partial charge in [0.2, 0.25) is 14.9 Å². The Labute approximate surface area is 118 Å². The minimum absolute atomic E-state index is 0.217. The molecule has 0 aromatic carbocycles. The summed E-state index contributed by atoms with van der Waals surface area (Å²) in [4.78, 5) is 23.1. The zero-order valence-corrected chi connectivity index (χ0v) is 11.7. The van der Waals surface area contributed by atoms with E-state index in [-0.39, 0.29) is 6.42 Å². The molecule has 0 unspecified atom stereocenters. The van der Waals surface area contributed by atoms with Gasteiger partial charge in [0.05, 0.1) is 5.92 Å². The Kier molecular flexibility index (Phi) is 4.63. The molecule has 96 valence electrons. The maximum absolute atomic E-state index is 11.7. The Morgan fingerprint density at radius 3 is 2.29 bits per heavy atom. The van der Waals surface area contributed by atoms with E-state index in [9.17, 15) is 9.59 Å². The van der Waals surface area contributed by atoms with Crippen molar-refractivity contribution in [1.29, 1.82) is 0 Å². The molecule has 0 aromatic heterocycles. The van der Waals surface area contributed by atoms with Gasteiger partial charge in [-0.25, -0.2) is 0 Å². The van der Waals surface area contributed by atoms with Crippen molar-refractivity contribution in [3.8, 4) is 0 Å². The Bertz CT molecular complexity index is 370. The second-order valence-electron chi connectivity index (χ2n) is 3.67. The predicted octanol–water partition coefficient (Wildman–Crippen LogP) is 1.72. The third-order valence-electron chi connectivity index (χ3n) is 2.58. The van der Waals surface area contributed by atoms with E-state index < -0.39 is 25.6 Å². The van der Waals surface area contributed by atoms with Gasteiger partial charge in [0.15, 0.2) is 0 Å². The van der Waals surface area contributed by atoms with E-state index >= 15 is 0 Å². The highest BCUT2D eigenvalue weighted by atomic mass is 35.6. The summed E-state index contributed by atoms with van der Waals surface area (Å²) in [5.74, 6) is -2.11. The van der Waals surface area contributed by atoms with E-state index in [0.29, 0.717) is 6.42 Å². The fourth-order valence-electron chi connectivity index (χ4n) is 1.81. The van der Waals surface area contributed by atoms with Crippen LogP contribution in [0.1, 0.15) is 12.8 Å². The summed E-state index contributed by atoms with van der Waals surface area (Å²) in [6.07, 6.45) is 4.02. The van der Waals surface area contributed by atoms with Crippen LogP contribution >= 0.6 is 46.6 Å². The molecule has 2 atom stereocenters. The fraction of sp³-hybridized carbons (Fsp3) is 0.556. The number of carbonyl (C=O) groups is 2. The number of halogens is 3. The van der Waals surface area contributed by atoms with E-state index in [4.69, 9.17) is 46.3 Å². The molecule has 0 aliphatic heterocycles. The maximum Gasteiger partial charge on any atom is 0.238 e. The molecule has 4 nitrogen and oxygen atoms in total. The Morgan fingerprint density at radius 2 is 1.88 bits per heavy atom. The molecule has 1 aliphatic rings. The molecular weight excluding hydrogens is 307 g/mol. The van der Waals surface area contributed by atoms with Crippen molar-refractivity contribution in [2.45, 2.75) is 20.7 Å². The van der Waals surface area contributed by atoms with Gasteiger partial charge in [-0.15, -0.1) is 0 Å². The monoisotopic (exact) mass is 316 g/mol. The van der Waals surface area contributed by atoms with Gasteiger partial charge in [-0.2, -0.15) is 0 Å².